The first-order chi connectivity index (χ1) is 20.4. The van der Waals surface area contributed by atoms with Crippen LogP contribution >= 0.6 is 0 Å². The number of carbonyl (C=O) groups excluding carboxylic acids is 2. The van der Waals surface area contributed by atoms with Gasteiger partial charge in [-0.15, -0.1) is 0 Å². The van der Waals surface area contributed by atoms with E-state index in [0.717, 1.165) is 6.42 Å². The smallest absolute Gasteiger partial charge is 0.254 e. The zero-order chi connectivity index (χ0) is 31.6. The van der Waals surface area contributed by atoms with Crippen LogP contribution in [0.25, 0.3) is 6.08 Å². The predicted molar refractivity (Wildman–Crippen MR) is 165 cm³/mol. The van der Waals surface area contributed by atoms with Crippen LogP contribution in [-0.4, -0.2) is 72.1 Å². The van der Waals surface area contributed by atoms with Crippen molar-refractivity contribution in [3.05, 3.63) is 59.4 Å². The van der Waals surface area contributed by atoms with Gasteiger partial charge in [-0.25, -0.2) is 0 Å². The van der Waals surface area contributed by atoms with Gasteiger partial charge in [0.05, 0.1) is 31.4 Å². The molecule has 10 heteroatoms. The van der Waals surface area contributed by atoms with Gasteiger partial charge in [-0.05, 0) is 55.1 Å². The van der Waals surface area contributed by atoms with Crippen LogP contribution in [0.15, 0.2) is 48.3 Å². The highest BCUT2D eigenvalue weighted by molar-refractivity contribution is 5.98. The third kappa shape index (κ3) is 6.24. The Hall–Kier alpha value is -3.18. The topological polar surface area (TPSA) is 146 Å². The van der Waals surface area contributed by atoms with Gasteiger partial charge in [0.2, 0.25) is 5.91 Å². The molecular weight excluding hydrogens is 548 g/mol. The SMILES string of the molecule is C=CC=C(C(=O)NC)C(O)=Cc1cccc(CN2O[C@@H](CN)[C@H]([C@H](C)O)[C@H]2C(=O)N[C@H]2C[C@H]3C[C@@H]([C@@H]2C)C3(C)C)c1OC. The lowest BCUT2D eigenvalue weighted by Crippen LogP contribution is -2.62. The number of hydroxylamine groups is 2. The van der Waals surface area contributed by atoms with Gasteiger partial charge in [0.15, 0.2) is 0 Å². The zero-order valence-corrected chi connectivity index (χ0v) is 26.2. The Morgan fingerprint density at radius 1 is 1.33 bits per heavy atom. The number of likely N-dealkylation sites (N-methyl/N-ethyl adjacent to an activating group) is 1. The predicted octanol–water partition coefficient (Wildman–Crippen LogP) is 3.08. The summed E-state index contributed by atoms with van der Waals surface area (Å²) in [6.45, 7) is 12.5. The van der Waals surface area contributed by atoms with Crippen LogP contribution in [0.2, 0.25) is 0 Å². The number of methoxy groups -OCH3 is 1. The van der Waals surface area contributed by atoms with Crippen LogP contribution in [0.5, 0.6) is 5.75 Å². The second-order valence-corrected chi connectivity index (χ2v) is 12.8. The molecular formula is C33H48N4O6. The number of nitrogens with one attached hydrogen (secondary N) is 2. The Kier molecular flexibility index (Phi) is 10.1. The standard InChI is InChI=1S/C33H48N4O6/c1-8-10-23(31(40)35-6)26(39)13-20-11-9-12-21(30(20)42-7)17-37-29(28(19(3)38)27(16-34)43-37)32(41)36-25-15-22-14-24(18(25)2)33(22,4)5/h8-13,18-19,22,24-25,27-29,38-39H,1,14-17,34H2,2-7H3,(H,35,40)(H,36,41)/t18-,19-,22+,24-,25-,27-,28-,29-/m0/s1. The number of aliphatic hydroxyl groups excluding tert-OH is 2. The second-order valence-electron chi connectivity index (χ2n) is 12.8. The lowest BCUT2D eigenvalue weighted by atomic mass is 9.45. The molecule has 4 aliphatic rings. The largest absolute Gasteiger partial charge is 0.507 e. The molecule has 3 aliphatic carbocycles. The summed E-state index contributed by atoms with van der Waals surface area (Å²) < 4.78 is 5.76. The highest BCUT2D eigenvalue weighted by atomic mass is 16.7. The summed E-state index contributed by atoms with van der Waals surface area (Å²) in [5, 5.41) is 29.0. The number of para-hydroxylation sites is 1. The normalized spacial score (nSPS) is 31.1. The zero-order valence-electron chi connectivity index (χ0n) is 26.2. The number of carbonyl (C=O) groups is 2. The summed E-state index contributed by atoms with van der Waals surface area (Å²) >= 11 is 0. The van der Waals surface area contributed by atoms with Crippen LogP contribution in [0.1, 0.15) is 51.7 Å². The van der Waals surface area contributed by atoms with Crippen LogP contribution < -0.4 is 21.1 Å². The first-order valence-electron chi connectivity index (χ1n) is 15.1. The highest BCUT2D eigenvalue weighted by Gasteiger charge is 2.57. The summed E-state index contributed by atoms with van der Waals surface area (Å²) in [5.74, 6) is 0.500. The maximum absolute atomic E-state index is 14.0. The first-order valence-corrected chi connectivity index (χ1v) is 15.1. The highest BCUT2D eigenvalue weighted by Crippen LogP contribution is 2.61. The van der Waals surface area contributed by atoms with Gasteiger partial charge < -0.3 is 31.3 Å². The number of allylic oxidation sites excluding steroid dienone is 2. The van der Waals surface area contributed by atoms with Crippen molar-refractivity contribution >= 4 is 17.9 Å². The summed E-state index contributed by atoms with van der Waals surface area (Å²) in [4.78, 5) is 32.5. The maximum Gasteiger partial charge on any atom is 0.254 e. The van der Waals surface area contributed by atoms with Gasteiger partial charge in [0.1, 0.15) is 17.6 Å². The third-order valence-corrected chi connectivity index (χ3v) is 10.1. The number of hydrogen-bond donors (Lipinski definition) is 5. The number of hydrogen-bond acceptors (Lipinski definition) is 8. The number of nitrogens with zero attached hydrogens (tertiary/aromatic N) is 1. The molecule has 1 aliphatic heterocycles. The van der Waals surface area contributed by atoms with Gasteiger partial charge in [-0.1, -0.05) is 51.6 Å². The van der Waals surface area contributed by atoms with Crippen molar-refractivity contribution in [1.29, 1.82) is 0 Å². The molecule has 0 unspecified atom stereocenters. The average molecular weight is 597 g/mol. The number of ether oxygens (including phenoxy) is 1. The quantitative estimate of drug-likeness (QED) is 0.149. The first kappa shape index (κ1) is 32.7. The minimum absolute atomic E-state index is 0.0492. The van der Waals surface area contributed by atoms with Crippen molar-refractivity contribution in [3.8, 4) is 5.75 Å². The summed E-state index contributed by atoms with van der Waals surface area (Å²) in [6.07, 6.45) is 5.04. The molecule has 0 radical (unpaired) electrons. The van der Waals surface area contributed by atoms with E-state index in [2.05, 4.69) is 38.0 Å². The van der Waals surface area contributed by atoms with Crippen LogP contribution in [0.3, 0.4) is 0 Å². The van der Waals surface area contributed by atoms with Crippen molar-refractivity contribution in [2.45, 2.75) is 71.4 Å². The minimum Gasteiger partial charge on any atom is -0.507 e. The molecule has 5 rings (SSSR count). The molecule has 236 valence electrons. The van der Waals surface area contributed by atoms with Crippen molar-refractivity contribution in [2.24, 2.45) is 34.8 Å². The molecule has 1 saturated heterocycles. The number of aliphatic hydroxyl groups is 2. The van der Waals surface area contributed by atoms with E-state index in [1.807, 2.05) is 6.07 Å². The number of fused-ring (bicyclic) bond motifs is 2. The Morgan fingerprint density at radius 2 is 2.05 bits per heavy atom. The van der Waals surface area contributed by atoms with Crippen molar-refractivity contribution in [2.75, 3.05) is 20.7 Å². The number of nitrogens with two attached hydrogens (primary N) is 1. The van der Waals surface area contributed by atoms with E-state index >= 15 is 0 Å². The Bertz CT molecular complexity index is 1270. The molecule has 1 aromatic carbocycles. The van der Waals surface area contributed by atoms with Gasteiger partial charge in [-0.2, -0.15) is 5.06 Å². The van der Waals surface area contributed by atoms with Crippen LogP contribution in [0, 0.1) is 29.1 Å². The summed E-state index contributed by atoms with van der Waals surface area (Å²) in [6, 6.07) is 4.67. The molecule has 2 amide bonds. The minimum atomic E-state index is -0.835. The maximum atomic E-state index is 14.0. The van der Waals surface area contributed by atoms with E-state index < -0.39 is 30.1 Å². The van der Waals surface area contributed by atoms with Crippen LogP contribution in [0.4, 0.5) is 0 Å². The molecule has 10 nitrogen and oxygen atoms in total. The van der Waals surface area contributed by atoms with Gasteiger partial charge in [-0.3, -0.25) is 14.4 Å². The van der Waals surface area contributed by atoms with Gasteiger partial charge in [0, 0.05) is 36.7 Å². The molecule has 1 heterocycles. The third-order valence-electron chi connectivity index (χ3n) is 10.1. The summed E-state index contributed by atoms with van der Waals surface area (Å²) in [7, 11) is 2.99. The molecule has 8 atom stereocenters. The van der Waals surface area contributed by atoms with E-state index in [9.17, 15) is 19.8 Å². The van der Waals surface area contributed by atoms with Gasteiger partial charge in [0.25, 0.3) is 5.91 Å². The molecule has 2 bridgehead atoms. The molecule has 0 spiro atoms. The second kappa shape index (κ2) is 13.2. The molecule has 1 aromatic rings. The summed E-state index contributed by atoms with van der Waals surface area (Å²) in [5.41, 5.74) is 7.62. The van der Waals surface area contributed by atoms with E-state index in [4.69, 9.17) is 15.3 Å². The fourth-order valence-corrected chi connectivity index (χ4v) is 7.54. The fourth-order valence-electron chi connectivity index (χ4n) is 7.54. The van der Waals surface area contributed by atoms with Crippen molar-refractivity contribution < 1.29 is 29.4 Å². The number of benzene rings is 1. The average Bonchev–Trinajstić information content (AvgIpc) is 3.35. The molecule has 0 aromatic heterocycles. The number of amides is 2. The Labute approximate surface area is 254 Å². The van der Waals surface area contributed by atoms with Crippen molar-refractivity contribution in [3.63, 3.8) is 0 Å². The van der Waals surface area contributed by atoms with Gasteiger partial charge >= 0.3 is 0 Å². The lowest BCUT2D eigenvalue weighted by molar-refractivity contribution is -0.175. The molecule has 6 N–H and O–H groups in total. The molecule has 4 fully saturated rings. The van der Waals surface area contributed by atoms with Crippen LogP contribution in [-0.2, 0) is 21.0 Å². The Balaban J connectivity index is 1.62. The number of rotatable bonds is 11. The van der Waals surface area contributed by atoms with E-state index in [0.29, 0.717) is 40.0 Å². The molecule has 3 saturated carbocycles. The fraction of sp³-hybridized carbons (Fsp3) is 0.576. The van der Waals surface area contributed by atoms with E-state index in [1.54, 1.807) is 24.1 Å². The van der Waals surface area contributed by atoms with E-state index in [-0.39, 0.29) is 36.4 Å². The Morgan fingerprint density at radius 3 is 2.60 bits per heavy atom. The lowest BCUT2D eigenvalue weighted by Gasteiger charge is -2.62. The molecule has 43 heavy (non-hydrogen) atoms. The van der Waals surface area contributed by atoms with E-state index in [1.165, 1.54) is 38.8 Å². The van der Waals surface area contributed by atoms with Crippen molar-refractivity contribution in [1.82, 2.24) is 15.7 Å². The monoisotopic (exact) mass is 596 g/mol.